The maximum absolute atomic E-state index is 12.0. The number of rotatable bonds is 6. The summed E-state index contributed by atoms with van der Waals surface area (Å²) in [5, 5.41) is -0.390. The van der Waals surface area contributed by atoms with Crippen molar-refractivity contribution >= 4 is 40.2 Å². The predicted molar refractivity (Wildman–Crippen MR) is 71.8 cm³/mol. The van der Waals surface area contributed by atoms with E-state index >= 15 is 0 Å². The van der Waals surface area contributed by atoms with Gasteiger partial charge in [0.05, 0.1) is 13.0 Å². The first kappa shape index (κ1) is 14.4. The quantitative estimate of drug-likeness (QED) is 0.548. The SMILES string of the molecule is CCCCN1C(=O)[C@@H](CC(=O)OCC)SC1=S. The molecule has 1 rings (SSSR count). The van der Waals surface area contributed by atoms with Gasteiger partial charge in [0.1, 0.15) is 9.57 Å². The molecule has 0 aromatic carbocycles. The Kier molecular flexibility index (Phi) is 5.91. The van der Waals surface area contributed by atoms with Crippen LogP contribution >= 0.6 is 24.0 Å². The Morgan fingerprint density at radius 2 is 2.24 bits per heavy atom. The summed E-state index contributed by atoms with van der Waals surface area (Å²) < 4.78 is 5.42. The molecule has 1 aliphatic heterocycles. The molecule has 1 saturated heterocycles. The van der Waals surface area contributed by atoms with Gasteiger partial charge in [0.2, 0.25) is 5.91 Å². The predicted octanol–water partition coefficient (Wildman–Crippen LogP) is 1.97. The molecule has 4 nitrogen and oxygen atoms in total. The molecule has 1 amide bonds. The fourth-order valence-corrected chi connectivity index (χ4v) is 3.05. The number of ether oxygens (including phenoxy) is 1. The van der Waals surface area contributed by atoms with Gasteiger partial charge >= 0.3 is 5.97 Å². The average molecular weight is 275 g/mol. The van der Waals surface area contributed by atoms with Gasteiger partial charge < -0.3 is 4.74 Å². The second-order valence-corrected chi connectivity index (χ2v) is 5.56. The highest BCUT2D eigenvalue weighted by atomic mass is 32.2. The highest BCUT2D eigenvalue weighted by molar-refractivity contribution is 8.24. The first-order valence-corrected chi connectivity index (χ1v) is 7.06. The smallest absolute Gasteiger partial charge is 0.307 e. The highest BCUT2D eigenvalue weighted by Gasteiger charge is 2.37. The Morgan fingerprint density at radius 1 is 1.53 bits per heavy atom. The first-order chi connectivity index (χ1) is 8.10. The van der Waals surface area contributed by atoms with E-state index in [0.29, 0.717) is 17.5 Å². The molecule has 0 N–H and O–H groups in total. The summed E-state index contributed by atoms with van der Waals surface area (Å²) in [6.07, 6.45) is 2.05. The molecule has 6 heteroatoms. The van der Waals surface area contributed by atoms with Crippen LogP contribution in [0.1, 0.15) is 33.1 Å². The van der Waals surface area contributed by atoms with Crippen LogP contribution in [0.2, 0.25) is 0 Å². The van der Waals surface area contributed by atoms with Gasteiger partial charge in [-0.25, -0.2) is 0 Å². The van der Waals surface area contributed by atoms with Crippen LogP contribution in [0.5, 0.6) is 0 Å². The number of unbranched alkanes of at least 4 members (excludes halogenated alkanes) is 1. The van der Waals surface area contributed by atoms with Crippen LogP contribution in [-0.4, -0.2) is 39.5 Å². The van der Waals surface area contributed by atoms with E-state index in [1.807, 2.05) is 0 Å². The Bertz CT molecular complexity index is 320. The van der Waals surface area contributed by atoms with Crippen molar-refractivity contribution in [2.45, 2.75) is 38.4 Å². The number of hydrogen-bond donors (Lipinski definition) is 0. The zero-order chi connectivity index (χ0) is 12.8. The Balaban J connectivity index is 2.52. The van der Waals surface area contributed by atoms with Crippen molar-refractivity contribution in [2.75, 3.05) is 13.2 Å². The molecule has 0 bridgehead atoms. The van der Waals surface area contributed by atoms with E-state index in [1.54, 1.807) is 11.8 Å². The number of thioether (sulfide) groups is 1. The maximum atomic E-state index is 12.0. The van der Waals surface area contributed by atoms with Crippen LogP contribution in [-0.2, 0) is 14.3 Å². The molecule has 1 fully saturated rings. The van der Waals surface area contributed by atoms with E-state index in [1.165, 1.54) is 11.8 Å². The summed E-state index contributed by atoms with van der Waals surface area (Å²) in [4.78, 5) is 24.9. The third-order valence-corrected chi connectivity index (χ3v) is 3.98. The van der Waals surface area contributed by atoms with Crippen molar-refractivity contribution in [2.24, 2.45) is 0 Å². The van der Waals surface area contributed by atoms with Crippen molar-refractivity contribution in [1.29, 1.82) is 0 Å². The maximum Gasteiger partial charge on any atom is 0.307 e. The normalized spacial score (nSPS) is 19.9. The topological polar surface area (TPSA) is 46.6 Å². The summed E-state index contributed by atoms with van der Waals surface area (Å²) in [7, 11) is 0. The third-order valence-electron chi connectivity index (χ3n) is 2.40. The second-order valence-electron chi connectivity index (χ2n) is 3.72. The summed E-state index contributed by atoms with van der Waals surface area (Å²) in [6.45, 7) is 4.81. The fraction of sp³-hybridized carbons (Fsp3) is 0.727. The molecule has 0 saturated carbocycles. The Hall–Kier alpha value is -0.620. The number of nitrogens with zero attached hydrogens (tertiary/aromatic N) is 1. The number of esters is 1. The van der Waals surface area contributed by atoms with E-state index in [-0.39, 0.29) is 18.3 Å². The van der Waals surface area contributed by atoms with Crippen molar-refractivity contribution in [1.82, 2.24) is 4.90 Å². The van der Waals surface area contributed by atoms with Crippen molar-refractivity contribution in [3.63, 3.8) is 0 Å². The van der Waals surface area contributed by atoms with Crippen molar-refractivity contribution in [3.05, 3.63) is 0 Å². The molecule has 0 radical (unpaired) electrons. The molecule has 0 unspecified atom stereocenters. The van der Waals surface area contributed by atoms with Gasteiger partial charge in [-0.1, -0.05) is 37.3 Å². The number of amides is 1. The molecule has 1 heterocycles. The second kappa shape index (κ2) is 6.96. The molecule has 96 valence electrons. The van der Waals surface area contributed by atoms with Crippen molar-refractivity contribution < 1.29 is 14.3 Å². The van der Waals surface area contributed by atoms with E-state index in [4.69, 9.17) is 17.0 Å². The third kappa shape index (κ3) is 3.96. The lowest BCUT2D eigenvalue weighted by Gasteiger charge is -2.14. The monoisotopic (exact) mass is 275 g/mol. The van der Waals surface area contributed by atoms with Gasteiger partial charge in [0.15, 0.2) is 0 Å². The van der Waals surface area contributed by atoms with Crippen LogP contribution in [0.25, 0.3) is 0 Å². The lowest BCUT2D eigenvalue weighted by atomic mass is 10.2. The van der Waals surface area contributed by atoms with Crippen LogP contribution in [0.15, 0.2) is 0 Å². The van der Waals surface area contributed by atoms with Crippen molar-refractivity contribution in [3.8, 4) is 0 Å². The van der Waals surface area contributed by atoms with Gasteiger partial charge in [0.25, 0.3) is 0 Å². The summed E-state index contributed by atoms with van der Waals surface area (Å²) in [5.41, 5.74) is 0. The van der Waals surface area contributed by atoms with Gasteiger partial charge in [-0.15, -0.1) is 0 Å². The molecule has 0 aromatic rings. The fourth-order valence-electron chi connectivity index (χ4n) is 1.52. The summed E-state index contributed by atoms with van der Waals surface area (Å²) in [5.74, 6) is -0.389. The molecule has 1 aliphatic rings. The van der Waals surface area contributed by atoms with Gasteiger partial charge in [-0.2, -0.15) is 0 Å². The van der Waals surface area contributed by atoms with E-state index in [9.17, 15) is 9.59 Å². The molecule has 1 atom stereocenters. The number of thiocarbonyl (C=S) groups is 1. The minimum absolute atomic E-state index is 0.0542. The lowest BCUT2D eigenvalue weighted by Crippen LogP contribution is -2.33. The van der Waals surface area contributed by atoms with E-state index in [0.717, 1.165) is 12.8 Å². The molecule has 0 aliphatic carbocycles. The highest BCUT2D eigenvalue weighted by Crippen LogP contribution is 2.30. The Labute approximate surface area is 111 Å². The summed E-state index contributed by atoms with van der Waals surface area (Å²) in [6, 6.07) is 0. The van der Waals surface area contributed by atoms with E-state index in [2.05, 4.69) is 6.92 Å². The molecule has 0 aromatic heterocycles. The molecular weight excluding hydrogens is 258 g/mol. The first-order valence-electron chi connectivity index (χ1n) is 5.77. The number of carbonyl (C=O) groups excluding carboxylic acids is 2. The zero-order valence-electron chi connectivity index (χ0n) is 10.1. The molecule has 0 spiro atoms. The largest absolute Gasteiger partial charge is 0.466 e. The average Bonchev–Trinajstić information content (AvgIpc) is 2.52. The van der Waals surface area contributed by atoms with Gasteiger partial charge in [0, 0.05) is 6.54 Å². The van der Waals surface area contributed by atoms with Crippen LogP contribution in [0, 0.1) is 0 Å². The van der Waals surface area contributed by atoms with Gasteiger partial charge in [-0.05, 0) is 13.3 Å². The number of hydrogen-bond acceptors (Lipinski definition) is 5. The van der Waals surface area contributed by atoms with Gasteiger partial charge in [-0.3, -0.25) is 14.5 Å². The van der Waals surface area contributed by atoms with Crippen LogP contribution in [0.3, 0.4) is 0 Å². The Morgan fingerprint density at radius 3 is 2.82 bits per heavy atom. The van der Waals surface area contributed by atoms with Crippen LogP contribution in [0.4, 0.5) is 0 Å². The minimum Gasteiger partial charge on any atom is -0.466 e. The lowest BCUT2D eigenvalue weighted by molar-refractivity contribution is -0.144. The number of carbonyl (C=O) groups is 2. The summed E-state index contributed by atoms with van der Waals surface area (Å²) >= 11 is 6.43. The van der Waals surface area contributed by atoms with E-state index < -0.39 is 5.25 Å². The standard InChI is InChI=1S/C11H17NO3S2/c1-3-5-6-12-10(14)8(17-11(12)16)7-9(13)15-4-2/h8H,3-7H2,1-2H3/t8-/m1/s1. The molecule has 17 heavy (non-hydrogen) atoms. The minimum atomic E-state index is -0.390. The molecular formula is C11H17NO3S2. The van der Waals surface area contributed by atoms with Crippen LogP contribution < -0.4 is 0 Å². The zero-order valence-corrected chi connectivity index (χ0v) is 11.7.